The summed E-state index contributed by atoms with van der Waals surface area (Å²) in [6.45, 7) is 2.39. The highest BCUT2D eigenvalue weighted by atomic mass is 16.7. The van der Waals surface area contributed by atoms with Gasteiger partial charge in [0.05, 0.1) is 17.6 Å². The molecule has 10 heteroatoms. The lowest BCUT2D eigenvalue weighted by molar-refractivity contribution is -0.384. The number of carbonyl (C=O) groups is 1. The maximum Gasteiger partial charge on any atom is 0.296 e. The standard InChI is InChI=1S/C21H18N2O8/c1-2-27-13-3-6-16(17(9-13)23(25)26)22-21(24)19-8-5-15(31-19)11-28-14-4-7-18-20(10-14)30-12-29-18/h3-10H,2,11-12H2,1H3,(H,22,24). The highest BCUT2D eigenvalue weighted by Crippen LogP contribution is 2.35. The lowest BCUT2D eigenvalue weighted by atomic mass is 10.2. The molecule has 0 fully saturated rings. The van der Waals surface area contributed by atoms with Gasteiger partial charge in [0.25, 0.3) is 11.6 Å². The van der Waals surface area contributed by atoms with Crippen LogP contribution >= 0.6 is 0 Å². The van der Waals surface area contributed by atoms with Crippen LogP contribution in [0, 0.1) is 10.1 Å². The number of ether oxygens (including phenoxy) is 4. The smallest absolute Gasteiger partial charge is 0.296 e. The summed E-state index contributed by atoms with van der Waals surface area (Å²) in [6.07, 6.45) is 0. The molecule has 2 aromatic carbocycles. The lowest BCUT2D eigenvalue weighted by Gasteiger charge is -2.07. The van der Waals surface area contributed by atoms with Gasteiger partial charge in [-0.1, -0.05) is 0 Å². The van der Waals surface area contributed by atoms with Gasteiger partial charge in [-0.3, -0.25) is 14.9 Å². The van der Waals surface area contributed by atoms with E-state index in [1.165, 1.54) is 18.2 Å². The van der Waals surface area contributed by atoms with Crippen LogP contribution in [0.3, 0.4) is 0 Å². The van der Waals surface area contributed by atoms with Crippen LogP contribution in [0.25, 0.3) is 0 Å². The van der Waals surface area contributed by atoms with E-state index in [0.717, 1.165) is 0 Å². The molecule has 4 rings (SSSR count). The third-order valence-electron chi connectivity index (χ3n) is 4.34. The van der Waals surface area contributed by atoms with Gasteiger partial charge in [-0.05, 0) is 43.3 Å². The molecule has 1 aliphatic rings. The molecule has 0 saturated carbocycles. The zero-order chi connectivity index (χ0) is 21.8. The molecule has 0 unspecified atom stereocenters. The first-order valence-electron chi connectivity index (χ1n) is 9.37. The summed E-state index contributed by atoms with van der Waals surface area (Å²) in [7, 11) is 0. The summed E-state index contributed by atoms with van der Waals surface area (Å²) >= 11 is 0. The van der Waals surface area contributed by atoms with Gasteiger partial charge in [0.2, 0.25) is 6.79 Å². The second kappa shape index (κ2) is 8.66. The Hall–Kier alpha value is -4.21. The predicted octanol–water partition coefficient (Wildman–Crippen LogP) is 4.15. The quantitative estimate of drug-likeness (QED) is 0.421. The van der Waals surface area contributed by atoms with Crippen molar-refractivity contribution in [3.63, 3.8) is 0 Å². The molecule has 0 radical (unpaired) electrons. The van der Waals surface area contributed by atoms with Gasteiger partial charge < -0.3 is 28.7 Å². The molecule has 0 aliphatic carbocycles. The number of benzene rings is 2. The number of carbonyl (C=O) groups excluding carboxylic acids is 1. The number of nitro groups is 1. The summed E-state index contributed by atoms with van der Waals surface area (Å²) < 4.78 is 27.0. The third kappa shape index (κ3) is 4.53. The topological polar surface area (TPSA) is 122 Å². The van der Waals surface area contributed by atoms with E-state index < -0.39 is 10.8 Å². The Morgan fingerprint density at radius 3 is 2.65 bits per heavy atom. The molecule has 2 heterocycles. The van der Waals surface area contributed by atoms with Crippen LogP contribution in [0.1, 0.15) is 23.2 Å². The first-order chi connectivity index (χ1) is 15.0. The van der Waals surface area contributed by atoms with Crippen LogP contribution in [0.4, 0.5) is 11.4 Å². The molecule has 10 nitrogen and oxygen atoms in total. The number of nitrogens with one attached hydrogen (secondary N) is 1. The predicted molar refractivity (Wildman–Crippen MR) is 108 cm³/mol. The van der Waals surface area contributed by atoms with Gasteiger partial charge in [-0.2, -0.15) is 0 Å². The van der Waals surface area contributed by atoms with E-state index in [1.807, 2.05) is 0 Å². The Morgan fingerprint density at radius 2 is 1.84 bits per heavy atom. The van der Waals surface area contributed by atoms with Crippen molar-refractivity contribution in [1.82, 2.24) is 0 Å². The zero-order valence-electron chi connectivity index (χ0n) is 16.5. The average Bonchev–Trinajstić information content (AvgIpc) is 3.42. The second-order valence-electron chi connectivity index (χ2n) is 6.39. The average molecular weight is 426 g/mol. The highest BCUT2D eigenvalue weighted by molar-refractivity contribution is 6.03. The van der Waals surface area contributed by atoms with Crippen molar-refractivity contribution in [2.24, 2.45) is 0 Å². The summed E-state index contributed by atoms with van der Waals surface area (Å²) in [5.41, 5.74) is -0.245. The van der Waals surface area contributed by atoms with Crippen molar-refractivity contribution in [1.29, 1.82) is 0 Å². The molecule has 1 amide bonds. The molecular formula is C21H18N2O8. The molecule has 1 aromatic heterocycles. The minimum atomic E-state index is -0.624. The van der Waals surface area contributed by atoms with Crippen molar-refractivity contribution >= 4 is 17.3 Å². The number of hydrogen-bond acceptors (Lipinski definition) is 8. The maximum atomic E-state index is 12.5. The fourth-order valence-electron chi connectivity index (χ4n) is 2.91. The van der Waals surface area contributed by atoms with E-state index in [-0.39, 0.29) is 30.5 Å². The maximum absolute atomic E-state index is 12.5. The van der Waals surface area contributed by atoms with E-state index >= 15 is 0 Å². The van der Waals surface area contributed by atoms with Gasteiger partial charge >= 0.3 is 0 Å². The molecule has 1 aliphatic heterocycles. The number of rotatable bonds is 8. The van der Waals surface area contributed by atoms with Crippen molar-refractivity contribution in [3.8, 4) is 23.0 Å². The molecule has 160 valence electrons. The van der Waals surface area contributed by atoms with E-state index in [2.05, 4.69) is 5.32 Å². The molecular weight excluding hydrogens is 408 g/mol. The molecule has 0 saturated heterocycles. The van der Waals surface area contributed by atoms with Crippen molar-refractivity contribution in [2.45, 2.75) is 13.5 Å². The van der Waals surface area contributed by atoms with Gasteiger partial charge in [0.15, 0.2) is 17.3 Å². The van der Waals surface area contributed by atoms with E-state index in [1.54, 1.807) is 37.3 Å². The van der Waals surface area contributed by atoms with E-state index in [9.17, 15) is 14.9 Å². The van der Waals surface area contributed by atoms with Crippen LogP contribution < -0.4 is 24.3 Å². The lowest BCUT2D eigenvalue weighted by Crippen LogP contribution is -2.12. The number of hydrogen-bond donors (Lipinski definition) is 1. The third-order valence-corrected chi connectivity index (χ3v) is 4.34. The Morgan fingerprint density at radius 1 is 1.06 bits per heavy atom. The first kappa shape index (κ1) is 20.1. The minimum Gasteiger partial charge on any atom is -0.494 e. The summed E-state index contributed by atoms with van der Waals surface area (Å²) in [4.78, 5) is 23.2. The Kier molecular flexibility index (Phi) is 5.61. The zero-order valence-corrected chi connectivity index (χ0v) is 16.5. The summed E-state index contributed by atoms with van der Waals surface area (Å²) in [5, 5.41) is 13.8. The Bertz CT molecular complexity index is 1120. The van der Waals surface area contributed by atoms with Crippen molar-refractivity contribution in [2.75, 3.05) is 18.7 Å². The molecule has 0 atom stereocenters. The number of fused-ring (bicyclic) bond motifs is 1. The number of anilines is 1. The molecule has 0 spiro atoms. The molecule has 1 N–H and O–H groups in total. The van der Waals surface area contributed by atoms with E-state index in [4.69, 9.17) is 23.4 Å². The van der Waals surface area contributed by atoms with Gasteiger partial charge in [0, 0.05) is 6.07 Å². The van der Waals surface area contributed by atoms with Crippen LogP contribution in [0.2, 0.25) is 0 Å². The first-order valence-corrected chi connectivity index (χ1v) is 9.37. The minimum absolute atomic E-state index is 0.00697. The van der Waals surface area contributed by atoms with Gasteiger partial charge in [0.1, 0.15) is 29.6 Å². The number of nitro benzene ring substituents is 1. The summed E-state index contributed by atoms with van der Waals surface area (Å²) in [5.74, 6) is 1.91. The highest BCUT2D eigenvalue weighted by Gasteiger charge is 2.20. The number of amides is 1. The van der Waals surface area contributed by atoms with Crippen LogP contribution in [-0.4, -0.2) is 24.2 Å². The second-order valence-corrected chi connectivity index (χ2v) is 6.39. The van der Waals surface area contributed by atoms with Crippen molar-refractivity contribution in [3.05, 3.63) is 70.2 Å². The monoisotopic (exact) mass is 426 g/mol. The Labute approximate surface area is 176 Å². The van der Waals surface area contributed by atoms with Crippen molar-refractivity contribution < 1.29 is 33.1 Å². The fourth-order valence-corrected chi connectivity index (χ4v) is 2.91. The summed E-state index contributed by atoms with van der Waals surface area (Å²) in [6, 6.07) is 12.4. The van der Waals surface area contributed by atoms with E-state index in [0.29, 0.717) is 35.4 Å². The van der Waals surface area contributed by atoms with Crippen LogP contribution in [-0.2, 0) is 6.61 Å². The van der Waals surface area contributed by atoms with Crippen LogP contribution in [0.5, 0.6) is 23.0 Å². The van der Waals surface area contributed by atoms with Gasteiger partial charge in [-0.25, -0.2) is 0 Å². The Balaban J connectivity index is 1.41. The van der Waals surface area contributed by atoms with Gasteiger partial charge in [-0.15, -0.1) is 0 Å². The number of furan rings is 1. The largest absolute Gasteiger partial charge is 0.494 e. The molecule has 3 aromatic rings. The molecule has 31 heavy (non-hydrogen) atoms. The van der Waals surface area contributed by atoms with Crippen LogP contribution in [0.15, 0.2) is 52.9 Å². The number of nitrogens with zero attached hydrogens (tertiary/aromatic N) is 1. The SMILES string of the molecule is CCOc1ccc(NC(=O)c2ccc(COc3ccc4c(c3)OCO4)o2)c([N+](=O)[O-])c1. The fraction of sp³-hybridized carbons (Fsp3) is 0.190. The molecule has 0 bridgehead atoms. The normalized spacial score (nSPS) is 11.8.